The van der Waals surface area contributed by atoms with E-state index in [1.165, 1.54) is 37.3 Å². The first-order chi connectivity index (χ1) is 23.1. The van der Waals surface area contributed by atoms with Crippen LogP contribution in [-0.2, 0) is 32.6 Å². The number of benzene rings is 4. The molecule has 0 aliphatic carbocycles. The maximum atomic E-state index is 14.6. The summed E-state index contributed by atoms with van der Waals surface area (Å²) in [6.45, 7) is 3.92. The van der Waals surface area contributed by atoms with Gasteiger partial charge in [-0.1, -0.05) is 58.4 Å². The van der Waals surface area contributed by atoms with Crippen LogP contribution in [0, 0.1) is 0 Å². The third kappa shape index (κ3) is 9.07. The molecule has 0 saturated heterocycles. The van der Waals surface area contributed by atoms with Crippen molar-refractivity contribution in [3.05, 3.63) is 113 Å². The highest BCUT2D eigenvalue weighted by Gasteiger charge is 2.35. The van der Waals surface area contributed by atoms with Crippen molar-refractivity contribution in [2.24, 2.45) is 0 Å². The molecule has 4 rings (SSSR count). The van der Waals surface area contributed by atoms with Crippen molar-refractivity contribution in [3.8, 4) is 17.2 Å². The zero-order valence-corrected chi connectivity index (χ0v) is 29.8. The first-order valence-electron chi connectivity index (χ1n) is 15.4. The van der Waals surface area contributed by atoms with Crippen LogP contribution in [0.25, 0.3) is 0 Å². The highest BCUT2D eigenvalue weighted by molar-refractivity contribution is 9.10. The Kier molecular flexibility index (Phi) is 12.9. The number of carbonyl (C=O) groups excluding carboxylic acids is 2. The SMILES string of the molecule is CCNC(=O)[C@H](Cc1ccccc1)N(Cc1ccc(Br)cc1)C(=O)CN(c1ccc(OCC)cc1)S(=O)(=O)c1ccc(OC)c(OC)c1. The van der Waals surface area contributed by atoms with Crippen LogP contribution < -0.4 is 23.8 Å². The number of hydrogen-bond acceptors (Lipinski definition) is 7. The van der Waals surface area contributed by atoms with Gasteiger partial charge in [-0.05, 0) is 73.5 Å². The molecule has 0 fully saturated rings. The van der Waals surface area contributed by atoms with Crippen LogP contribution in [0.15, 0.2) is 106 Å². The van der Waals surface area contributed by atoms with Crippen molar-refractivity contribution in [1.29, 1.82) is 0 Å². The van der Waals surface area contributed by atoms with E-state index in [0.717, 1.165) is 19.9 Å². The lowest BCUT2D eigenvalue weighted by Crippen LogP contribution is -2.53. The lowest BCUT2D eigenvalue weighted by atomic mass is 10.0. The molecule has 10 nitrogen and oxygen atoms in total. The normalized spacial score (nSPS) is 11.7. The molecule has 1 N–H and O–H groups in total. The Morgan fingerprint density at radius 2 is 1.50 bits per heavy atom. The molecule has 0 aliphatic rings. The topological polar surface area (TPSA) is 114 Å². The van der Waals surface area contributed by atoms with Crippen molar-refractivity contribution < 1.29 is 32.2 Å². The second kappa shape index (κ2) is 17.0. The molecule has 0 aromatic heterocycles. The fraction of sp³-hybridized carbons (Fsp3) is 0.278. The fourth-order valence-corrected chi connectivity index (χ4v) is 6.84. The fourth-order valence-electron chi connectivity index (χ4n) is 5.14. The third-order valence-electron chi connectivity index (χ3n) is 7.55. The average Bonchev–Trinajstić information content (AvgIpc) is 3.10. The number of likely N-dealkylation sites (N-methyl/N-ethyl adjacent to an activating group) is 1. The molecule has 0 radical (unpaired) electrons. The molecule has 0 heterocycles. The molecular weight excluding hydrogens is 698 g/mol. The average molecular weight is 739 g/mol. The lowest BCUT2D eigenvalue weighted by Gasteiger charge is -2.34. The van der Waals surface area contributed by atoms with E-state index in [2.05, 4.69) is 21.2 Å². The number of sulfonamides is 1. The Hall–Kier alpha value is -4.55. The summed E-state index contributed by atoms with van der Waals surface area (Å²) in [6.07, 6.45) is 0.223. The number of nitrogens with zero attached hydrogens (tertiary/aromatic N) is 2. The summed E-state index contributed by atoms with van der Waals surface area (Å²) in [7, 11) is -1.49. The van der Waals surface area contributed by atoms with E-state index in [1.807, 2.05) is 68.4 Å². The predicted molar refractivity (Wildman–Crippen MR) is 189 cm³/mol. The van der Waals surface area contributed by atoms with Gasteiger partial charge in [-0.25, -0.2) is 8.42 Å². The van der Waals surface area contributed by atoms with Gasteiger partial charge in [0.1, 0.15) is 18.3 Å². The number of halogens is 1. The number of anilines is 1. The van der Waals surface area contributed by atoms with Gasteiger partial charge < -0.3 is 24.4 Å². The molecule has 0 spiro atoms. The number of rotatable bonds is 16. The number of amides is 2. The van der Waals surface area contributed by atoms with Crippen LogP contribution in [0.5, 0.6) is 17.2 Å². The molecule has 4 aromatic rings. The Morgan fingerprint density at radius 1 is 0.833 bits per heavy atom. The van der Waals surface area contributed by atoms with Crippen molar-refractivity contribution in [2.45, 2.75) is 37.8 Å². The minimum atomic E-state index is -4.36. The van der Waals surface area contributed by atoms with Crippen LogP contribution in [0.4, 0.5) is 5.69 Å². The number of ether oxygens (including phenoxy) is 3. The zero-order valence-electron chi connectivity index (χ0n) is 27.4. The number of carbonyl (C=O) groups is 2. The molecule has 1 atom stereocenters. The molecule has 0 bridgehead atoms. The van der Waals surface area contributed by atoms with Crippen LogP contribution >= 0.6 is 15.9 Å². The summed E-state index contributed by atoms with van der Waals surface area (Å²) >= 11 is 3.45. The van der Waals surface area contributed by atoms with Gasteiger partial charge in [-0.3, -0.25) is 13.9 Å². The lowest BCUT2D eigenvalue weighted by molar-refractivity contribution is -0.140. The Morgan fingerprint density at radius 3 is 2.10 bits per heavy atom. The monoisotopic (exact) mass is 737 g/mol. The molecule has 0 unspecified atom stereocenters. The zero-order chi connectivity index (χ0) is 34.7. The summed E-state index contributed by atoms with van der Waals surface area (Å²) in [4.78, 5) is 29.6. The molecule has 0 saturated carbocycles. The predicted octanol–water partition coefficient (Wildman–Crippen LogP) is 5.84. The Bertz CT molecular complexity index is 1770. The summed E-state index contributed by atoms with van der Waals surface area (Å²) in [5.41, 5.74) is 1.86. The first-order valence-corrected chi connectivity index (χ1v) is 17.7. The molecule has 4 aromatic carbocycles. The maximum absolute atomic E-state index is 14.6. The van der Waals surface area contributed by atoms with Gasteiger partial charge >= 0.3 is 0 Å². The van der Waals surface area contributed by atoms with Gasteiger partial charge in [0.15, 0.2) is 11.5 Å². The van der Waals surface area contributed by atoms with Gasteiger partial charge in [0.05, 0.1) is 31.4 Å². The van der Waals surface area contributed by atoms with Gasteiger partial charge in [-0.15, -0.1) is 0 Å². The quantitative estimate of drug-likeness (QED) is 0.154. The van der Waals surface area contributed by atoms with Gasteiger partial charge in [-0.2, -0.15) is 0 Å². The molecule has 254 valence electrons. The van der Waals surface area contributed by atoms with Crippen molar-refractivity contribution >= 4 is 43.5 Å². The van der Waals surface area contributed by atoms with E-state index < -0.39 is 28.5 Å². The summed E-state index contributed by atoms with van der Waals surface area (Å²) in [6, 6.07) is 26.6. The minimum absolute atomic E-state index is 0.0638. The number of hydrogen-bond donors (Lipinski definition) is 1. The Balaban J connectivity index is 1.82. The van der Waals surface area contributed by atoms with Crippen LogP contribution in [0.3, 0.4) is 0 Å². The molecule has 48 heavy (non-hydrogen) atoms. The van der Waals surface area contributed by atoms with Gasteiger partial charge in [0.25, 0.3) is 10.0 Å². The van der Waals surface area contributed by atoms with Crippen molar-refractivity contribution in [1.82, 2.24) is 10.2 Å². The van der Waals surface area contributed by atoms with Crippen molar-refractivity contribution in [3.63, 3.8) is 0 Å². The van der Waals surface area contributed by atoms with E-state index in [1.54, 1.807) is 24.3 Å². The Labute approximate surface area is 290 Å². The summed E-state index contributed by atoms with van der Waals surface area (Å²) in [5.74, 6) is 0.205. The summed E-state index contributed by atoms with van der Waals surface area (Å²) in [5, 5.41) is 2.87. The van der Waals surface area contributed by atoms with E-state index >= 15 is 0 Å². The van der Waals surface area contributed by atoms with Crippen molar-refractivity contribution in [2.75, 3.05) is 38.2 Å². The number of methoxy groups -OCH3 is 2. The summed E-state index contributed by atoms with van der Waals surface area (Å²) < 4.78 is 47.0. The highest BCUT2D eigenvalue weighted by atomic mass is 79.9. The third-order valence-corrected chi connectivity index (χ3v) is 9.84. The molecule has 0 aliphatic heterocycles. The first kappa shape index (κ1) is 36.3. The van der Waals surface area contributed by atoms with Gasteiger partial charge in [0.2, 0.25) is 11.8 Å². The van der Waals surface area contributed by atoms with Gasteiger partial charge in [0, 0.05) is 30.0 Å². The molecule has 12 heteroatoms. The minimum Gasteiger partial charge on any atom is -0.494 e. The smallest absolute Gasteiger partial charge is 0.264 e. The van der Waals surface area contributed by atoms with E-state index in [4.69, 9.17) is 14.2 Å². The second-order valence-electron chi connectivity index (χ2n) is 10.7. The standard InChI is InChI=1S/C36H40BrN3O7S/c1-5-38-36(42)32(22-26-10-8-7-9-11-26)39(24-27-12-14-28(37)15-13-27)35(41)25-40(29-16-18-30(19-17-29)47-6-2)48(43,44)31-20-21-33(45-3)34(23-31)46-4/h7-21,23,32H,5-6,22,24-25H2,1-4H3,(H,38,42)/t32-/m0/s1. The van der Waals surface area contributed by atoms with Crippen LogP contribution in [0.2, 0.25) is 0 Å². The second-order valence-corrected chi connectivity index (χ2v) is 13.5. The maximum Gasteiger partial charge on any atom is 0.264 e. The number of nitrogens with one attached hydrogen (secondary N) is 1. The van der Waals surface area contributed by atoms with E-state index in [-0.39, 0.29) is 35.2 Å². The molecular formula is C36H40BrN3O7S. The van der Waals surface area contributed by atoms with Crippen LogP contribution in [-0.4, -0.2) is 65.1 Å². The van der Waals surface area contributed by atoms with E-state index in [9.17, 15) is 18.0 Å². The van der Waals surface area contributed by atoms with E-state index in [0.29, 0.717) is 24.7 Å². The highest BCUT2D eigenvalue weighted by Crippen LogP contribution is 2.33. The largest absolute Gasteiger partial charge is 0.494 e. The van der Waals surface area contributed by atoms with Crippen LogP contribution in [0.1, 0.15) is 25.0 Å². The molecule has 2 amide bonds.